The lowest BCUT2D eigenvalue weighted by Crippen LogP contribution is -2.25. The average Bonchev–Trinajstić information content (AvgIpc) is 4.02. The van der Waals surface area contributed by atoms with E-state index >= 15 is 0 Å². The molecule has 1 spiro atoms. The van der Waals surface area contributed by atoms with Gasteiger partial charge in [0.1, 0.15) is 11.2 Å². The Morgan fingerprint density at radius 2 is 0.818 bits per heavy atom. The lowest BCUT2D eigenvalue weighted by atomic mass is 9.70. The third-order valence-electron chi connectivity index (χ3n) is 14.1. The zero-order valence-electron chi connectivity index (χ0n) is 35.7. The van der Waals surface area contributed by atoms with Crippen LogP contribution in [0.25, 0.3) is 111 Å². The van der Waals surface area contributed by atoms with E-state index in [4.69, 9.17) is 14.4 Å². The summed E-state index contributed by atoms with van der Waals surface area (Å²) in [4.78, 5) is 10.8. The maximum absolute atomic E-state index is 6.27. The van der Waals surface area contributed by atoms with Crippen molar-refractivity contribution < 1.29 is 4.42 Å². The normalized spacial score (nSPS) is 13.0. The predicted octanol–water partition coefficient (Wildman–Crippen LogP) is 16.2. The third-order valence-corrected chi connectivity index (χ3v) is 14.1. The molecule has 0 unspecified atom stereocenters. The minimum absolute atomic E-state index is 0.408. The molecule has 3 heteroatoms. The molecule has 2 aliphatic carbocycles. The van der Waals surface area contributed by atoms with Crippen molar-refractivity contribution in [2.45, 2.75) is 5.41 Å². The van der Waals surface area contributed by atoms with Gasteiger partial charge in [0, 0.05) is 27.5 Å². The Bertz CT molecular complexity index is 3910. The zero-order valence-corrected chi connectivity index (χ0v) is 35.7. The Balaban J connectivity index is 0.981. The Morgan fingerprint density at radius 1 is 0.288 bits per heavy atom. The third kappa shape index (κ3) is 5.44. The fourth-order valence-electron chi connectivity index (χ4n) is 11.1. The lowest BCUT2D eigenvalue weighted by Gasteiger charge is -2.30. The van der Waals surface area contributed by atoms with E-state index in [-0.39, 0.29) is 0 Å². The molecule has 0 atom stereocenters. The summed E-state index contributed by atoms with van der Waals surface area (Å²) in [5.74, 6) is 0.683. The summed E-state index contributed by atoms with van der Waals surface area (Å²) in [5, 5.41) is 4.62. The smallest absolute Gasteiger partial charge is 0.160 e. The molecule has 0 amide bonds. The van der Waals surface area contributed by atoms with Gasteiger partial charge in [-0.05, 0) is 132 Å². The quantitative estimate of drug-likeness (QED) is 0.173. The molecule has 306 valence electrons. The molecule has 2 aliphatic rings. The van der Waals surface area contributed by atoms with Gasteiger partial charge < -0.3 is 4.42 Å². The van der Waals surface area contributed by atoms with Crippen LogP contribution in [0, 0.1) is 0 Å². The molecule has 3 nitrogen and oxygen atoms in total. The van der Waals surface area contributed by atoms with Crippen molar-refractivity contribution in [1.82, 2.24) is 9.97 Å². The average molecular weight is 839 g/mol. The summed E-state index contributed by atoms with van der Waals surface area (Å²) in [7, 11) is 0. The Kier molecular flexibility index (Phi) is 7.90. The van der Waals surface area contributed by atoms with E-state index in [0.29, 0.717) is 5.82 Å². The van der Waals surface area contributed by atoms with Crippen molar-refractivity contribution in [3.8, 4) is 78.4 Å². The summed E-state index contributed by atoms with van der Waals surface area (Å²) >= 11 is 0. The highest BCUT2D eigenvalue weighted by molar-refractivity contribution is 6.06. The van der Waals surface area contributed by atoms with Crippen molar-refractivity contribution in [3.63, 3.8) is 0 Å². The van der Waals surface area contributed by atoms with E-state index in [1.165, 1.54) is 55.3 Å². The first-order valence-corrected chi connectivity index (χ1v) is 22.6. The molecule has 0 saturated carbocycles. The molecule has 10 aromatic carbocycles. The highest BCUT2D eigenvalue weighted by atomic mass is 16.3. The minimum atomic E-state index is -0.408. The van der Waals surface area contributed by atoms with Crippen LogP contribution in [0.1, 0.15) is 22.3 Å². The number of hydrogen-bond donors (Lipinski definition) is 0. The molecule has 2 heterocycles. The SMILES string of the molecule is c1ccc(-c2nc(-c3cc(-c4ccc5ccccc5c4)cc(-c4ccc5oc6ccccc6c5c4)c3)cc(-c3ccc4c(c3)-c3ccccc3C43c4ccccc4-c4ccccc43)n2)cc1. The standard InChI is InChI=1S/C63H38N2O/c1-2-15-40(16-3-1)62-64-58(44-28-30-57-52(37-44)50-20-8-12-24-56(50)63(57)54-22-10-6-18-48(54)49-19-7-11-23-55(49)63)38-59(65-62)47-34-45(42-27-26-39-14-4-5-17-41(39)32-42)33-46(35-47)43-29-31-61-53(36-43)51-21-9-13-25-60(51)66-61/h1-38H. The molecule has 0 radical (unpaired) electrons. The Morgan fingerprint density at radius 3 is 1.56 bits per heavy atom. The van der Waals surface area contributed by atoms with E-state index in [1.54, 1.807) is 0 Å². The fraction of sp³-hybridized carbons (Fsp3) is 0.0159. The molecule has 0 bridgehead atoms. The van der Waals surface area contributed by atoms with E-state index in [9.17, 15) is 0 Å². The van der Waals surface area contributed by atoms with Gasteiger partial charge in [0.25, 0.3) is 0 Å². The van der Waals surface area contributed by atoms with E-state index < -0.39 is 5.41 Å². The number of hydrogen-bond acceptors (Lipinski definition) is 3. The van der Waals surface area contributed by atoms with Gasteiger partial charge in [-0.2, -0.15) is 0 Å². The van der Waals surface area contributed by atoms with Crippen molar-refractivity contribution in [1.29, 1.82) is 0 Å². The number of benzene rings is 10. The fourth-order valence-corrected chi connectivity index (χ4v) is 11.1. The molecule has 0 fully saturated rings. The monoisotopic (exact) mass is 838 g/mol. The van der Waals surface area contributed by atoms with Crippen LogP contribution in [0.5, 0.6) is 0 Å². The molecule has 0 saturated heterocycles. The first-order chi connectivity index (χ1) is 32.7. The van der Waals surface area contributed by atoms with E-state index in [1.807, 2.05) is 18.2 Å². The summed E-state index contributed by atoms with van der Waals surface area (Å²) in [6.45, 7) is 0. The van der Waals surface area contributed by atoms with Gasteiger partial charge >= 0.3 is 0 Å². The summed E-state index contributed by atoms with van der Waals surface area (Å²) in [6.07, 6.45) is 0. The van der Waals surface area contributed by atoms with Gasteiger partial charge in [-0.15, -0.1) is 0 Å². The van der Waals surface area contributed by atoms with Crippen LogP contribution in [0.4, 0.5) is 0 Å². The highest BCUT2D eigenvalue weighted by Gasteiger charge is 2.51. The van der Waals surface area contributed by atoms with Crippen LogP contribution in [-0.4, -0.2) is 9.97 Å². The molecule has 14 rings (SSSR count). The van der Waals surface area contributed by atoms with Gasteiger partial charge in [-0.25, -0.2) is 9.97 Å². The van der Waals surface area contributed by atoms with Crippen molar-refractivity contribution in [2.75, 3.05) is 0 Å². The largest absolute Gasteiger partial charge is 0.456 e. The minimum Gasteiger partial charge on any atom is -0.456 e. The molecule has 2 aromatic heterocycles. The number of para-hydroxylation sites is 1. The number of furan rings is 1. The van der Waals surface area contributed by atoms with Crippen LogP contribution in [0.2, 0.25) is 0 Å². The second kappa shape index (κ2) is 14.2. The second-order valence-corrected chi connectivity index (χ2v) is 17.6. The summed E-state index contributed by atoms with van der Waals surface area (Å²) < 4.78 is 6.27. The molecule has 0 N–H and O–H groups in total. The second-order valence-electron chi connectivity index (χ2n) is 17.6. The molecule has 12 aromatic rings. The van der Waals surface area contributed by atoms with Gasteiger partial charge in [0.2, 0.25) is 0 Å². The molecular weight excluding hydrogens is 801 g/mol. The van der Waals surface area contributed by atoms with E-state index in [2.05, 4.69) is 212 Å². The first kappa shape index (κ1) is 36.8. The molecule has 0 aliphatic heterocycles. The number of fused-ring (bicyclic) bond motifs is 14. The lowest BCUT2D eigenvalue weighted by molar-refractivity contribution is 0.669. The van der Waals surface area contributed by atoms with Crippen LogP contribution in [0.15, 0.2) is 235 Å². The Hall–Kier alpha value is -8.66. The van der Waals surface area contributed by atoms with Crippen LogP contribution < -0.4 is 0 Å². The van der Waals surface area contributed by atoms with Crippen molar-refractivity contribution in [2.24, 2.45) is 0 Å². The summed E-state index contributed by atoms with van der Waals surface area (Å²) in [6, 6.07) is 83.4. The number of rotatable bonds is 5. The predicted molar refractivity (Wildman–Crippen MR) is 270 cm³/mol. The number of aromatic nitrogens is 2. The van der Waals surface area contributed by atoms with Gasteiger partial charge in [-0.3, -0.25) is 0 Å². The molecular formula is C63H38N2O. The summed E-state index contributed by atoms with van der Waals surface area (Å²) in [5.41, 5.74) is 21.0. The topological polar surface area (TPSA) is 38.9 Å². The van der Waals surface area contributed by atoms with Gasteiger partial charge in [-0.1, -0.05) is 176 Å². The van der Waals surface area contributed by atoms with Gasteiger partial charge in [0.15, 0.2) is 5.82 Å². The van der Waals surface area contributed by atoms with Crippen molar-refractivity contribution in [3.05, 3.63) is 253 Å². The zero-order chi connectivity index (χ0) is 43.3. The maximum atomic E-state index is 6.27. The number of nitrogens with zero attached hydrogens (tertiary/aromatic N) is 2. The van der Waals surface area contributed by atoms with Crippen LogP contribution in [-0.2, 0) is 5.41 Å². The molecule has 66 heavy (non-hydrogen) atoms. The van der Waals surface area contributed by atoms with Gasteiger partial charge in [0.05, 0.1) is 16.8 Å². The van der Waals surface area contributed by atoms with Crippen LogP contribution in [0.3, 0.4) is 0 Å². The Labute approximate surface area is 382 Å². The highest BCUT2D eigenvalue weighted by Crippen LogP contribution is 2.63. The van der Waals surface area contributed by atoms with Crippen molar-refractivity contribution >= 4 is 32.7 Å². The van der Waals surface area contributed by atoms with E-state index in [0.717, 1.165) is 72.3 Å². The van der Waals surface area contributed by atoms with Crippen LogP contribution >= 0.6 is 0 Å². The maximum Gasteiger partial charge on any atom is 0.160 e. The first-order valence-electron chi connectivity index (χ1n) is 22.6.